The normalized spacial score (nSPS) is 11.0. The Morgan fingerprint density at radius 3 is 1.55 bits per heavy atom. The van der Waals surface area contributed by atoms with Gasteiger partial charge < -0.3 is 19.1 Å². The van der Waals surface area contributed by atoms with E-state index in [0.29, 0.717) is 0 Å². The number of hydrogen-bond donors (Lipinski definition) is 2. The molecule has 0 aliphatic carbocycles. The van der Waals surface area contributed by atoms with E-state index in [1.807, 2.05) is 63.9 Å². The molecule has 8 nitrogen and oxygen atoms in total. The van der Waals surface area contributed by atoms with Gasteiger partial charge in [-0.2, -0.15) is 0 Å². The van der Waals surface area contributed by atoms with E-state index < -0.39 is 0 Å². The summed E-state index contributed by atoms with van der Waals surface area (Å²) >= 11 is 0. The van der Waals surface area contributed by atoms with Crippen molar-refractivity contribution in [2.45, 2.75) is 41.5 Å². The molecule has 0 atom stereocenters. The Bertz CT molecular complexity index is 3270. The zero-order valence-corrected chi connectivity index (χ0v) is 35.5. The SMILES string of the molecule is CC.Cc1cccc2c1[nH]c1ncccc12.Cc1cccc2c1[nH]c1ncccc12.Cc1cccc2c3cccn(C)c-3nc12.Cc1cccc2c3cccnc3n(C)c12.[H+]. The van der Waals surface area contributed by atoms with Gasteiger partial charge in [0.1, 0.15) is 22.8 Å². The smallest absolute Gasteiger partial charge is 0.339 e. The molecule has 298 valence electrons. The summed E-state index contributed by atoms with van der Waals surface area (Å²) in [6, 6.07) is 41.8. The van der Waals surface area contributed by atoms with Crippen molar-refractivity contribution in [3.8, 4) is 11.4 Å². The lowest BCUT2D eigenvalue weighted by atomic mass is 10.1. The third-order valence-electron chi connectivity index (χ3n) is 11.1. The van der Waals surface area contributed by atoms with E-state index in [1.165, 1.54) is 82.1 Å². The monoisotopic (exact) mass is 787 g/mol. The zero-order valence-electron chi connectivity index (χ0n) is 36.5. The second-order valence-electron chi connectivity index (χ2n) is 14.9. The van der Waals surface area contributed by atoms with Crippen LogP contribution in [0.2, 0.25) is 0 Å². The van der Waals surface area contributed by atoms with E-state index in [1.54, 1.807) is 0 Å². The highest BCUT2D eigenvalue weighted by Gasteiger charge is 2.14. The highest BCUT2D eigenvalue weighted by molar-refractivity contribution is 6.08. The molecule has 8 heteroatoms. The van der Waals surface area contributed by atoms with E-state index in [9.17, 15) is 0 Å². The number of nitrogens with zero attached hydrogens (tertiary/aromatic N) is 6. The summed E-state index contributed by atoms with van der Waals surface area (Å²) in [7, 11) is 4.11. The molecule has 2 aliphatic rings. The molecule has 2 N–H and O–H groups in total. The van der Waals surface area contributed by atoms with Crippen LogP contribution in [0.1, 0.15) is 37.5 Å². The molecule has 6 aromatic heterocycles. The predicted molar refractivity (Wildman–Crippen MR) is 254 cm³/mol. The Hall–Kier alpha value is -7.32. The number of rotatable bonds is 0. The summed E-state index contributed by atoms with van der Waals surface area (Å²) in [5.74, 6) is 1.06. The summed E-state index contributed by atoms with van der Waals surface area (Å²) in [5, 5.41) is 8.69. The van der Waals surface area contributed by atoms with Crippen molar-refractivity contribution < 1.29 is 1.43 Å². The van der Waals surface area contributed by atoms with Crippen LogP contribution in [0.4, 0.5) is 0 Å². The van der Waals surface area contributed by atoms with E-state index in [2.05, 4.69) is 177 Å². The van der Waals surface area contributed by atoms with E-state index in [-0.39, 0.29) is 1.43 Å². The molecule has 0 fully saturated rings. The first-order chi connectivity index (χ1) is 29.3. The molecule has 4 aromatic carbocycles. The van der Waals surface area contributed by atoms with Gasteiger partial charge in [0.15, 0.2) is 0 Å². The third kappa shape index (κ3) is 7.21. The molecule has 0 amide bonds. The first-order valence-corrected chi connectivity index (χ1v) is 20.5. The largest absolute Gasteiger partial charge is 1.00 e. The van der Waals surface area contributed by atoms with Crippen LogP contribution >= 0.6 is 0 Å². The molecular formula is C52H51N8+. The van der Waals surface area contributed by atoms with Gasteiger partial charge in [-0.3, -0.25) is 0 Å². The second kappa shape index (κ2) is 16.9. The van der Waals surface area contributed by atoms with E-state index in [0.717, 1.165) is 28.3 Å². The molecular weight excluding hydrogens is 737 g/mol. The maximum absolute atomic E-state index is 4.68. The average molecular weight is 788 g/mol. The number of hydrogen-bond acceptors (Lipinski definition) is 4. The van der Waals surface area contributed by atoms with Crippen molar-refractivity contribution in [1.29, 1.82) is 0 Å². The van der Waals surface area contributed by atoms with Gasteiger partial charge in [0.25, 0.3) is 0 Å². The van der Waals surface area contributed by atoms with Crippen LogP contribution in [0, 0.1) is 27.7 Å². The molecule has 60 heavy (non-hydrogen) atoms. The van der Waals surface area contributed by atoms with Crippen molar-refractivity contribution >= 4 is 76.7 Å². The zero-order chi connectivity index (χ0) is 41.9. The summed E-state index contributed by atoms with van der Waals surface area (Å²) < 4.78 is 4.23. The summed E-state index contributed by atoms with van der Waals surface area (Å²) in [6.45, 7) is 12.5. The quantitative estimate of drug-likeness (QED) is 0.160. The highest BCUT2D eigenvalue weighted by Crippen LogP contribution is 2.32. The third-order valence-corrected chi connectivity index (χ3v) is 11.1. The van der Waals surface area contributed by atoms with Gasteiger partial charge in [0.05, 0.1) is 22.1 Å². The van der Waals surface area contributed by atoms with Gasteiger partial charge in [-0.05, 0) is 98.5 Å². The van der Waals surface area contributed by atoms with Crippen molar-refractivity contribution in [2.75, 3.05) is 0 Å². The molecule has 8 heterocycles. The summed E-state index contributed by atoms with van der Waals surface area (Å²) in [5.41, 5.74) is 14.1. The predicted octanol–water partition coefficient (Wildman–Crippen LogP) is 13.2. The number of benzene rings is 4. The fraction of sp³-hybridized carbons (Fsp3) is 0.154. The number of aromatic amines is 2. The van der Waals surface area contributed by atoms with Gasteiger partial charge in [0.2, 0.25) is 0 Å². The number of aromatic nitrogens is 8. The standard InChI is InChI=1S/2C13H12N2.2C12H10N2.C2H6/c1-9-5-3-6-10-11-7-4-8-15(2)13(11)14-12(9)10;1-9-5-3-6-10-11-7-4-8-14-13(11)15(2)12(9)10;2*1-8-4-2-5-9-10-6-3-7-13-12(10)14-11(8)9;1-2/h2*3-8H,1-2H3;2*2-7H,1H3,(H,13,14);1-2H3/p+1. The van der Waals surface area contributed by atoms with Crippen LogP contribution in [-0.2, 0) is 14.1 Å². The number of para-hydroxylation sites is 4. The van der Waals surface area contributed by atoms with Crippen LogP contribution in [0.5, 0.6) is 0 Å². The first-order valence-electron chi connectivity index (χ1n) is 20.5. The maximum atomic E-state index is 4.68. The molecule has 2 aliphatic heterocycles. The number of fused-ring (bicyclic) bond motifs is 12. The Morgan fingerprint density at radius 2 is 0.950 bits per heavy atom. The molecule has 0 unspecified atom stereocenters. The number of H-pyrrole nitrogens is 2. The van der Waals surface area contributed by atoms with Crippen LogP contribution in [0.25, 0.3) is 88.1 Å². The van der Waals surface area contributed by atoms with Crippen LogP contribution < -0.4 is 0 Å². The minimum absolute atomic E-state index is 0. The molecule has 0 saturated carbocycles. The number of nitrogens with one attached hydrogen (secondary N) is 2. The molecule has 0 spiro atoms. The van der Waals surface area contributed by atoms with Gasteiger partial charge in [-0.15, -0.1) is 0 Å². The average Bonchev–Trinajstić information content (AvgIpc) is 4.05. The van der Waals surface area contributed by atoms with Crippen LogP contribution in [0.15, 0.2) is 146 Å². The minimum Gasteiger partial charge on any atom is -0.339 e. The Labute approximate surface area is 351 Å². The van der Waals surface area contributed by atoms with Gasteiger partial charge in [-0.25, -0.2) is 19.9 Å². The lowest BCUT2D eigenvalue weighted by Crippen LogP contribution is -1.94. The summed E-state index contributed by atoms with van der Waals surface area (Å²) in [6.07, 6.45) is 7.50. The lowest BCUT2D eigenvalue weighted by Gasteiger charge is -2.03. The molecule has 12 rings (SSSR count). The number of pyridine rings is 4. The Morgan fingerprint density at radius 1 is 0.467 bits per heavy atom. The molecule has 0 bridgehead atoms. The maximum Gasteiger partial charge on any atom is 1.00 e. The molecule has 0 radical (unpaired) electrons. The topological polar surface area (TPSA) is 93.0 Å². The van der Waals surface area contributed by atoms with E-state index >= 15 is 0 Å². The van der Waals surface area contributed by atoms with Gasteiger partial charge >= 0.3 is 1.43 Å². The number of aryl methyl sites for hydroxylation is 6. The van der Waals surface area contributed by atoms with Gasteiger partial charge in [0, 0.05) is 82.1 Å². The molecule has 10 aromatic rings. The highest BCUT2D eigenvalue weighted by atomic mass is 15.0. The van der Waals surface area contributed by atoms with Crippen molar-refractivity contribution in [3.05, 3.63) is 168 Å². The summed E-state index contributed by atoms with van der Waals surface area (Å²) in [4.78, 5) is 24.4. The van der Waals surface area contributed by atoms with Crippen molar-refractivity contribution in [2.24, 2.45) is 14.1 Å². The fourth-order valence-electron chi connectivity index (χ4n) is 8.18. The van der Waals surface area contributed by atoms with Crippen molar-refractivity contribution in [3.63, 3.8) is 0 Å². The van der Waals surface area contributed by atoms with Gasteiger partial charge in [-0.1, -0.05) is 86.6 Å². The minimum atomic E-state index is 0. The second-order valence-corrected chi connectivity index (χ2v) is 14.9. The van der Waals surface area contributed by atoms with E-state index in [4.69, 9.17) is 0 Å². The lowest BCUT2D eigenvalue weighted by molar-refractivity contribution is 0.893. The molecule has 0 saturated heterocycles. The van der Waals surface area contributed by atoms with Crippen molar-refractivity contribution in [1.82, 2.24) is 39.0 Å². The Balaban J connectivity index is 0.000000120. The fourth-order valence-corrected chi connectivity index (χ4v) is 8.18. The van der Waals surface area contributed by atoms with Crippen LogP contribution in [-0.4, -0.2) is 39.0 Å². The Kier molecular flexibility index (Phi) is 11.1. The first kappa shape index (κ1) is 39.5. The van der Waals surface area contributed by atoms with Crippen LogP contribution in [0.3, 0.4) is 0 Å².